The van der Waals surface area contributed by atoms with Gasteiger partial charge in [0.2, 0.25) is 11.2 Å². The van der Waals surface area contributed by atoms with Crippen LogP contribution >= 0.6 is 0 Å². The molecule has 0 heterocycles. The smallest absolute Gasteiger partial charge is 0.220 e. The highest BCUT2D eigenvalue weighted by Crippen LogP contribution is 2.45. The van der Waals surface area contributed by atoms with E-state index in [1.165, 1.54) is 34.3 Å². The highest BCUT2D eigenvalue weighted by Gasteiger charge is 2.19. The lowest BCUT2D eigenvalue weighted by Gasteiger charge is -2.15. The van der Waals surface area contributed by atoms with Gasteiger partial charge in [-0.2, -0.15) is 0 Å². The average molecular weight is 352 g/mol. The minimum absolute atomic E-state index is 0.342. The Labute approximate surface area is 147 Å². The zero-order valence-corrected chi connectivity index (χ0v) is 14.5. The molecule has 1 atom stereocenters. The van der Waals surface area contributed by atoms with Gasteiger partial charge in [-0.3, -0.25) is 10.1 Å². The molecule has 0 aliphatic carbocycles. The van der Waals surface area contributed by atoms with Crippen molar-refractivity contribution in [1.29, 1.82) is 0 Å². The molecular formula is C18H22O7. The van der Waals surface area contributed by atoms with E-state index >= 15 is 0 Å². The minimum Gasteiger partial charge on any atom is -0.504 e. The second kappa shape index (κ2) is 10.2. The van der Waals surface area contributed by atoms with Crippen LogP contribution in [-0.2, 0) is 4.89 Å². The van der Waals surface area contributed by atoms with Gasteiger partial charge in [0.1, 0.15) is 0 Å². The van der Waals surface area contributed by atoms with Gasteiger partial charge in [0.05, 0.1) is 29.3 Å². The quantitative estimate of drug-likeness (QED) is 0.631. The molecule has 7 nitrogen and oxygen atoms in total. The summed E-state index contributed by atoms with van der Waals surface area (Å²) in [5.41, 5.74) is 0.440. The summed E-state index contributed by atoms with van der Waals surface area (Å²) >= 11 is 0. The van der Waals surface area contributed by atoms with Crippen LogP contribution in [0.15, 0.2) is 41.2 Å². The zero-order chi connectivity index (χ0) is 19.7. The Balaban J connectivity index is 0.000000597. The number of hydrogen-bond donors (Lipinski definition) is 2. The van der Waals surface area contributed by atoms with Crippen LogP contribution in [0.4, 0.5) is 0 Å². The van der Waals surface area contributed by atoms with Gasteiger partial charge in [-0.15, -0.1) is 0 Å². The third-order valence-electron chi connectivity index (χ3n) is 3.21. The molecule has 0 saturated heterocycles. The molecule has 0 radical (unpaired) electrons. The second-order valence-electron chi connectivity index (χ2n) is 4.57. The molecule has 7 heteroatoms. The minimum atomic E-state index is -0.810. The molecule has 136 valence electrons. The largest absolute Gasteiger partial charge is 0.504 e. The van der Waals surface area contributed by atoms with Crippen LogP contribution in [0.5, 0.6) is 23.0 Å². The average Bonchev–Trinajstić information content (AvgIpc) is 2.82. The summed E-state index contributed by atoms with van der Waals surface area (Å²) in [4.78, 5) is 15.2. The summed E-state index contributed by atoms with van der Waals surface area (Å²) in [5.74, 6) is 0.944. The maximum absolute atomic E-state index is 11.7. The number of benzene rings is 1. The Hall–Kier alpha value is -2.77. The van der Waals surface area contributed by atoms with Gasteiger partial charge < -0.3 is 19.3 Å². The van der Waals surface area contributed by atoms with Crippen molar-refractivity contribution in [3.63, 3.8) is 0 Å². The lowest BCUT2D eigenvalue weighted by Crippen LogP contribution is -1.99. The van der Waals surface area contributed by atoms with Crippen molar-refractivity contribution in [1.82, 2.24) is 0 Å². The molecule has 0 spiro atoms. The molecule has 2 aromatic rings. The molecule has 0 aliphatic rings. The Morgan fingerprint density at radius 3 is 2.08 bits per heavy atom. The second-order valence-corrected chi connectivity index (χ2v) is 4.57. The van der Waals surface area contributed by atoms with Crippen molar-refractivity contribution in [2.75, 3.05) is 27.9 Å². The fraction of sp³-hybridized carbons (Fsp3) is 0.278. The summed E-state index contributed by atoms with van der Waals surface area (Å²) in [6.45, 7) is 0.606. The molecule has 0 aromatic heterocycles. The molecule has 0 amide bonds. The summed E-state index contributed by atoms with van der Waals surface area (Å²) in [5, 5.41) is 17.5. The Kier molecular flexibility index (Phi) is 7.55. The zero-order valence-electron chi connectivity index (χ0n) is 15.5. The van der Waals surface area contributed by atoms with Crippen molar-refractivity contribution < 1.29 is 30.8 Å². The normalized spacial score (nSPS) is 11.5. The maximum atomic E-state index is 11.7. The topological polar surface area (TPSA) is 94.5 Å². The first-order valence-electron chi connectivity index (χ1n) is 7.83. The van der Waals surface area contributed by atoms with Gasteiger partial charge in [0.15, 0.2) is 17.2 Å². The Morgan fingerprint density at radius 2 is 1.56 bits per heavy atom. The molecule has 0 fully saturated rings. The fourth-order valence-corrected chi connectivity index (χ4v) is 2.12. The Bertz CT molecular complexity index is 778. The summed E-state index contributed by atoms with van der Waals surface area (Å²) in [7, 11) is 4.50. The van der Waals surface area contributed by atoms with Gasteiger partial charge in [0, 0.05) is 11.1 Å². The highest BCUT2D eigenvalue weighted by molar-refractivity contribution is 5.79. The number of hydrogen-bond acceptors (Lipinski definition) is 7. The molecule has 1 unspecified atom stereocenters. The van der Waals surface area contributed by atoms with Crippen LogP contribution in [0.2, 0.25) is 0 Å². The van der Waals surface area contributed by atoms with E-state index in [4.69, 9.17) is 20.8 Å². The van der Waals surface area contributed by atoms with E-state index in [0.29, 0.717) is 28.4 Å². The van der Waals surface area contributed by atoms with Crippen molar-refractivity contribution >= 4 is 0 Å². The monoisotopic (exact) mass is 352 g/mol. The first kappa shape index (κ1) is 18.6. The van der Waals surface area contributed by atoms with Crippen LogP contribution < -0.4 is 19.6 Å². The molecule has 2 aromatic carbocycles. The first-order valence-corrected chi connectivity index (χ1v) is 7.25. The predicted octanol–water partition coefficient (Wildman–Crippen LogP) is 2.94. The van der Waals surface area contributed by atoms with Gasteiger partial charge in [-0.25, -0.2) is 4.89 Å². The SMILES string of the molecule is COc1ccc(-c2ccccc(=O)c2O)c(OC)c1OC.[3H]C(C)OO. The van der Waals surface area contributed by atoms with Crippen molar-refractivity contribution in [3.8, 4) is 34.1 Å². The van der Waals surface area contributed by atoms with E-state index in [0.717, 1.165) is 0 Å². The van der Waals surface area contributed by atoms with Crippen molar-refractivity contribution in [3.05, 3.63) is 46.6 Å². The summed E-state index contributed by atoms with van der Waals surface area (Å²) in [6.07, 6.45) is 0. The predicted molar refractivity (Wildman–Crippen MR) is 93.7 cm³/mol. The summed E-state index contributed by atoms with van der Waals surface area (Å²) < 4.78 is 22.2. The van der Waals surface area contributed by atoms with E-state index in [1.54, 1.807) is 30.3 Å². The molecule has 0 bridgehead atoms. The lowest BCUT2D eigenvalue weighted by atomic mass is 10.0. The van der Waals surface area contributed by atoms with E-state index in [-0.39, 0.29) is 5.75 Å². The highest BCUT2D eigenvalue weighted by atomic mass is 17.1. The lowest BCUT2D eigenvalue weighted by molar-refractivity contribution is -0.237. The third-order valence-corrected chi connectivity index (χ3v) is 3.21. The van der Waals surface area contributed by atoms with Crippen molar-refractivity contribution in [2.45, 2.75) is 6.92 Å². The van der Waals surface area contributed by atoms with Crippen molar-refractivity contribution in [2.24, 2.45) is 0 Å². The standard InChI is InChI=1S/C16H16O5.C2H6O2/c1-19-13-9-8-11(15(20-2)16(13)21-3)10-6-4-5-7-12(17)14(10)18;1-2-4-3/h4-9H,1-3H3,(H,17,18);3H,2H2,1H3/i;2T. The van der Waals surface area contributed by atoms with Crippen LogP contribution in [0.1, 0.15) is 8.29 Å². The van der Waals surface area contributed by atoms with Crippen LogP contribution in [0.3, 0.4) is 0 Å². The number of ether oxygens (including phenoxy) is 3. The molecule has 2 rings (SSSR count). The molecule has 25 heavy (non-hydrogen) atoms. The first-order chi connectivity index (χ1) is 12.4. The third kappa shape index (κ3) is 4.85. The number of methoxy groups -OCH3 is 3. The van der Waals surface area contributed by atoms with E-state index in [9.17, 15) is 9.90 Å². The maximum Gasteiger partial charge on any atom is 0.220 e. The van der Waals surface area contributed by atoms with E-state index in [1.807, 2.05) is 0 Å². The molecule has 2 N–H and O–H groups in total. The van der Waals surface area contributed by atoms with Crippen LogP contribution in [-0.4, -0.2) is 38.3 Å². The van der Waals surface area contributed by atoms with E-state index in [2.05, 4.69) is 4.89 Å². The number of aromatic hydroxyl groups is 1. The van der Waals surface area contributed by atoms with Gasteiger partial charge >= 0.3 is 0 Å². The molecular weight excluding hydrogens is 328 g/mol. The summed E-state index contributed by atoms with van der Waals surface area (Å²) in [6, 6.07) is 9.57. The van der Waals surface area contributed by atoms with Gasteiger partial charge in [-0.05, 0) is 25.1 Å². The molecule has 0 aliphatic heterocycles. The van der Waals surface area contributed by atoms with Gasteiger partial charge in [0.25, 0.3) is 0 Å². The molecule has 0 saturated carbocycles. The van der Waals surface area contributed by atoms with Crippen LogP contribution in [0, 0.1) is 0 Å². The Morgan fingerprint density at radius 1 is 0.960 bits per heavy atom. The number of rotatable bonds is 5. The van der Waals surface area contributed by atoms with E-state index < -0.39 is 12.0 Å². The fourth-order valence-electron chi connectivity index (χ4n) is 2.12. The van der Waals surface area contributed by atoms with Crippen LogP contribution in [0.25, 0.3) is 11.1 Å². The van der Waals surface area contributed by atoms with Gasteiger partial charge in [-0.1, -0.05) is 18.2 Å².